The van der Waals surface area contributed by atoms with Crippen molar-refractivity contribution in [1.82, 2.24) is 0 Å². The first-order chi connectivity index (χ1) is 15.0. The molecule has 5 heteroatoms. The van der Waals surface area contributed by atoms with Gasteiger partial charge in [-0.25, -0.2) is 0 Å². The van der Waals surface area contributed by atoms with Crippen LogP contribution >= 0.6 is 0 Å². The fraction of sp³-hybridized carbons (Fsp3) is 0.963. The van der Waals surface area contributed by atoms with Gasteiger partial charge >= 0.3 is 5.97 Å². The molecule has 0 aliphatic heterocycles. The number of aliphatic carboxylic acids is 1. The average Bonchev–Trinajstić information content (AvgIpc) is 3.08. The van der Waals surface area contributed by atoms with Gasteiger partial charge in [0, 0.05) is 0 Å². The summed E-state index contributed by atoms with van der Waals surface area (Å²) in [4.78, 5) is 11.2. The Hall–Kier alpha value is -0.650. The largest absolute Gasteiger partial charge is 0.481 e. The Kier molecular flexibility index (Phi) is 6.77. The van der Waals surface area contributed by atoms with E-state index in [2.05, 4.69) is 20.8 Å². The van der Waals surface area contributed by atoms with Crippen molar-refractivity contribution in [2.24, 2.45) is 52.3 Å². The van der Waals surface area contributed by atoms with Crippen molar-refractivity contribution in [2.75, 3.05) is 0 Å². The second kappa shape index (κ2) is 8.85. The van der Waals surface area contributed by atoms with Crippen molar-refractivity contribution in [1.29, 1.82) is 0 Å². The SMILES string of the molecule is CC(CCC[C@@H](C)[C@H]1CC[C@H]2C3[C@H](O)C[C@@H]4C[C@H](O)CC[C@]4(C)[C@H]3C[C@H](O)[C@]12C)C(=O)O. The molecular formula is C27H46O5. The van der Waals surface area contributed by atoms with Crippen LogP contribution < -0.4 is 0 Å². The zero-order chi connectivity index (χ0) is 23.4. The second-order valence-electron chi connectivity index (χ2n) is 12.7. The summed E-state index contributed by atoms with van der Waals surface area (Å²) in [7, 11) is 0. The fourth-order valence-corrected chi connectivity index (χ4v) is 9.20. The highest BCUT2D eigenvalue weighted by Crippen LogP contribution is 2.68. The summed E-state index contributed by atoms with van der Waals surface area (Å²) in [6, 6.07) is 0. The molecule has 0 aromatic rings. The molecule has 12 atom stereocenters. The van der Waals surface area contributed by atoms with Crippen LogP contribution in [-0.4, -0.2) is 44.7 Å². The van der Waals surface area contributed by atoms with E-state index < -0.39 is 5.97 Å². The third-order valence-corrected chi connectivity index (χ3v) is 11.2. The number of rotatable bonds is 6. The predicted octanol–water partition coefficient (Wildman–Crippen LogP) is 4.47. The standard InChI is InChI=1S/C27H46O5/c1-15(6-5-7-16(2)25(31)32)19-8-9-20-24-21(14-23(30)27(19,20)4)26(3)11-10-18(28)12-17(26)13-22(24)29/h15-24,28-30H,5-14H2,1-4H3,(H,31,32)/t15-,16?,17+,18-,19-,20+,21+,22-,23+,24?,26+,27-/m1/s1. The zero-order valence-corrected chi connectivity index (χ0v) is 20.5. The summed E-state index contributed by atoms with van der Waals surface area (Å²) < 4.78 is 0. The Balaban J connectivity index is 1.51. The van der Waals surface area contributed by atoms with E-state index in [1.165, 1.54) is 0 Å². The monoisotopic (exact) mass is 450 g/mol. The van der Waals surface area contributed by atoms with E-state index in [4.69, 9.17) is 0 Å². The van der Waals surface area contributed by atoms with E-state index in [0.717, 1.165) is 57.8 Å². The van der Waals surface area contributed by atoms with Crippen LogP contribution in [0.4, 0.5) is 0 Å². The molecule has 0 aromatic heterocycles. The highest BCUT2D eigenvalue weighted by molar-refractivity contribution is 5.69. The molecule has 0 bridgehead atoms. The molecule has 2 unspecified atom stereocenters. The maximum atomic E-state index is 11.6. The van der Waals surface area contributed by atoms with Crippen molar-refractivity contribution in [3.63, 3.8) is 0 Å². The summed E-state index contributed by atoms with van der Waals surface area (Å²) >= 11 is 0. The smallest absolute Gasteiger partial charge is 0.306 e. The molecule has 0 heterocycles. The predicted molar refractivity (Wildman–Crippen MR) is 124 cm³/mol. The summed E-state index contributed by atoms with van der Waals surface area (Å²) in [6.45, 7) is 8.74. The molecule has 4 rings (SSSR count). The van der Waals surface area contributed by atoms with Gasteiger partial charge in [0.25, 0.3) is 0 Å². The Morgan fingerprint density at radius 2 is 1.69 bits per heavy atom. The molecule has 4 aliphatic rings. The van der Waals surface area contributed by atoms with Gasteiger partial charge in [0.1, 0.15) is 0 Å². The summed E-state index contributed by atoms with van der Waals surface area (Å²) in [5.74, 6) is 1.16. The lowest BCUT2D eigenvalue weighted by molar-refractivity contribution is -0.207. The first-order valence-corrected chi connectivity index (χ1v) is 13.3. The highest BCUT2D eigenvalue weighted by Gasteiger charge is 2.65. The minimum Gasteiger partial charge on any atom is -0.481 e. The molecule has 0 aromatic carbocycles. The van der Waals surface area contributed by atoms with Gasteiger partial charge in [-0.1, -0.05) is 40.5 Å². The first-order valence-electron chi connectivity index (χ1n) is 13.3. The van der Waals surface area contributed by atoms with Crippen LogP contribution in [0.2, 0.25) is 0 Å². The maximum absolute atomic E-state index is 11.6. The molecule has 4 fully saturated rings. The van der Waals surface area contributed by atoms with Crippen molar-refractivity contribution in [3.8, 4) is 0 Å². The number of carboxylic acid groups (broad SMARTS) is 1. The van der Waals surface area contributed by atoms with Crippen LogP contribution in [-0.2, 0) is 4.79 Å². The van der Waals surface area contributed by atoms with Gasteiger partial charge in [0.2, 0.25) is 0 Å². The number of hydrogen-bond acceptors (Lipinski definition) is 4. The molecule has 4 aliphatic carbocycles. The number of hydrogen-bond donors (Lipinski definition) is 4. The van der Waals surface area contributed by atoms with E-state index >= 15 is 0 Å². The van der Waals surface area contributed by atoms with Gasteiger partial charge in [-0.15, -0.1) is 0 Å². The topological polar surface area (TPSA) is 98.0 Å². The van der Waals surface area contributed by atoms with E-state index in [1.807, 2.05) is 0 Å². The van der Waals surface area contributed by atoms with Crippen LogP contribution in [0.1, 0.15) is 91.9 Å². The summed E-state index contributed by atoms with van der Waals surface area (Å²) in [5.41, 5.74) is -0.0561. The Labute approximate surface area is 194 Å². The van der Waals surface area contributed by atoms with E-state index in [1.54, 1.807) is 6.92 Å². The fourth-order valence-electron chi connectivity index (χ4n) is 9.20. The molecule has 5 nitrogen and oxygen atoms in total. The van der Waals surface area contributed by atoms with Gasteiger partial charge in [-0.3, -0.25) is 4.79 Å². The second-order valence-corrected chi connectivity index (χ2v) is 12.7. The average molecular weight is 451 g/mol. The normalized spacial score (nSPS) is 50.1. The lowest BCUT2D eigenvalue weighted by Crippen LogP contribution is -2.62. The lowest BCUT2D eigenvalue weighted by atomic mass is 9.43. The van der Waals surface area contributed by atoms with Crippen LogP contribution in [0.15, 0.2) is 0 Å². The highest BCUT2D eigenvalue weighted by atomic mass is 16.4. The van der Waals surface area contributed by atoms with Crippen molar-refractivity contribution >= 4 is 5.97 Å². The van der Waals surface area contributed by atoms with E-state index in [9.17, 15) is 25.2 Å². The van der Waals surface area contributed by atoms with Crippen molar-refractivity contribution < 1.29 is 25.2 Å². The summed E-state index contributed by atoms with van der Waals surface area (Å²) in [6.07, 6.45) is 8.11. The van der Waals surface area contributed by atoms with Gasteiger partial charge in [0.15, 0.2) is 0 Å². The third kappa shape index (κ3) is 3.84. The van der Waals surface area contributed by atoms with Crippen LogP contribution in [0.5, 0.6) is 0 Å². The van der Waals surface area contributed by atoms with Gasteiger partial charge in [-0.2, -0.15) is 0 Å². The Bertz CT molecular complexity index is 696. The minimum absolute atomic E-state index is 0.113. The molecular weight excluding hydrogens is 404 g/mol. The molecule has 184 valence electrons. The van der Waals surface area contributed by atoms with Crippen molar-refractivity contribution in [3.05, 3.63) is 0 Å². The molecule has 4 N–H and O–H groups in total. The molecule has 0 spiro atoms. The molecule has 4 saturated carbocycles. The quantitative estimate of drug-likeness (QED) is 0.478. The number of carboxylic acids is 1. The third-order valence-electron chi connectivity index (χ3n) is 11.2. The first kappa shape index (κ1) is 24.5. The maximum Gasteiger partial charge on any atom is 0.306 e. The number of carbonyl (C=O) groups is 1. The van der Waals surface area contributed by atoms with Crippen molar-refractivity contribution in [2.45, 2.75) is 110 Å². The molecule has 0 saturated heterocycles. The van der Waals surface area contributed by atoms with Crippen LogP contribution in [0.3, 0.4) is 0 Å². The molecule has 0 amide bonds. The number of aliphatic hydroxyl groups is 3. The Morgan fingerprint density at radius 1 is 0.969 bits per heavy atom. The summed E-state index contributed by atoms with van der Waals surface area (Å²) in [5, 5.41) is 42.4. The number of fused-ring (bicyclic) bond motifs is 5. The van der Waals surface area contributed by atoms with E-state index in [0.29, 0.717) is 36.0 Å². The zero-order valence-electron chi connectivity index (χ0n) is 20.5. The van der Waals surface area contributed by atoms with Crippen LogP contribution in [0, 0.1) is 52.3 Å². The Morgan fingerprint density at radius 3 is 2.38 bits per heavy atom. The van der Waals surface area contributed by atoms with Gasteiger partial charge < -0.3 is 20.4 Å². The lowest BCUT2D eigenvalue weighted by Gasteiger charge is -2.63. The van der Waals surface area contributed by atoms with Gasteiger partial charge in [-0.05, 0) is 97.7 Å². The van der Waals surface area contributed by atoms with E-state index in [-0.39, 0.29) is 41.0 Å². The molecule has 0 radical (unpaired) electrons. The minimum atomic E-state index is -0.715. The molecule has 32 heavy (non-hydrogen) atoms. The number of aliphatic hydroxyl groups excluding tert-OH is 3. The van der Waals surface area contributed by atoms with Crippen LogP contribution in [0.25, 0.3) is 0 Å². The van der Waals surface area contributed by atoms with Gasteiger partial charge in [0.05, 0.1) is 24.2 Å².